The van der Waals surface area contributed by atoms with Crippen LogP contribution in [-0.4, -0.2) is 43.9 Å². The molecule has 1 saturated heterocycles. The van der Waals surface area contributed by atoms with Crippen LogP contribution in [-0.2, 0) is 4.74 Å². The molecule has 1 aliphatic rings. The normalized spacial score (nSPS) is 22.8. The van der Waals surface area contributed by atoms with Gasteiger partial charge in [-0.15, -0.1) is 0 Å². The average molecular weight is 317 g/mol. The number of carbonyl (C=O) groups is 1. The van der Waals surface area contributed by atoms with Gasteiger partial charge in [0.2, 0.25) is 0 Å². The number of methoxy groups -OCH3 is 1. The molecule has 0 aliphatic carbocycles. The highest BCUT2D eigenvalue weighted by atomic mass is 79.9. The van der Waals surface area contributed by atoms with E-state index in [1.165, 1.54) is 7.11 Å². The Morgan fingerprint density at radius 2 is 2.28 bits per heavy atom. The van der Waals surface area contributed by atoms with Crippen LogP contribution in [0.1, 0.15) is 10.4 Å². The van der Waals surface area contributed by atoms with Crippen molar-refractivity contribution < 1.29 is 24.1 Å². The first-order chi connectivity index (χ1) is 8.65. The van der Waals surface area contributed by atoms with Gasteiger partial charge in [-0.2, -0.15) is 0 Å². The Balaban J connectivity index is 2.28. The molecule has 98 valence electrons. The maximum atomic E-state index is 10.8. The van der Waals surface area contributed by atoms with Gasteiger partial charge in [0.05, 0.1) is 24.8 Å². The Bertz CT molecular complexity index is 448. The highest BCUT2D eigenvalue weighted by Gasteiger charge is 2.29. The van der Waals surface area contributed by atoms with Crippen LogP contribution in [0.15, 0.2) is 16.6 Å². The first kappa shape index (κ1) is 13.3. The van der Waals surface area contributed by atoms with Crippen LogP contribution in [0.3, 0.4) is 0 Å². The van der Waals surface area contributed by atoms with Crippen molar-refractivity contribution in [3.8, 4) is 11.5 Å². The number of aldehydes is 1. The summed E-state index contributed by atoms with van der Waals surface area (Å²) in [5.74, 6) is 0.892. The second-order valence-electron chi connectivity index (χ2n) is 3.91. The highest BCUT2D eigenvalue weighted by molar-refractivity contribution is 9.10. The summed E-state index contributed by atoms with van der Waals surface area (Å²) in [4.78, 5) is 10.8. The largest absolute Gasteiger partial charge is 0.493 e. The van der Waals surface area contributed by atoms with Gasteiger partial charge >= 0.3 is 0 Å². The molecule has 2 rings (SSSR count). The Morgan fingerprint density at radius 3 is 2.83 bits per heavy atom. The van der Waals surface area contributed by atoms with E-state index in [0.717, 1.165) is 6.29 Å². The molecule has 1 fully saturated rings. The standard InChI is InChI=1S/C12H13BrO5/c1-16-10-3-7(4-14)2-8(13)12(10)18-11-6-17-5-9(11)15/h2-4,9,11,15H,5-6H2,1H3. The fourth-order valence-corrected chi connectivity index (χ4v) is 2.26. The molecule has 6 heteroatoms. The van der Waals surface area contributed by atoms with E-state index in [9.17, 15) is 9.90 Å². The quantitative estimate of drug-likeness (QED) is 0.851. The molecule has 5 nitrogen and oxygen atoms in total. The molecule has 0 bridgehead atoms. The Kier molecular flexibility index (Phi) is 4.21. The Labute approximate surface area is 113 Å². The molecular weight excluding hydrogens is 304 g/mol. The second kappa shape index (κ2) is 5.69. The minimum Gasteiger partial charge on any atom is -0.493 e. The van der Waals surface area contributed by atoms with Crippen LogP contribution in [0, 0.1) is 0 Å². The lowest BCUT2D eigenvalue weighted by Crippen LogP contribution is -2.30. The van der Waals surface area contributed by atoms with Crippen LogP contribution in [0.2, 0.25) is 0 Å². The number of ether oxygens (including phenoxy) is 3. The summed E-state index contributed by atoms with van der Waals surface area (Å²) >= 11 is 3.32. The number of hydrogen-bond acceptors (Lipinski definition) is 5. The highest BCUT2D eigenvalue weighted by Crippen LogP contribution is 2.37. The van der Waals surface area contributed by atoms with Crippen LogP contribution in [0.5, 0.6) is 11.5 Å². The van der Waals surface area contributed by atoms with Gasteiger partial charge in [-0.25, -0.2) is 0 Å². The van der Waals surface area contributed by atoms with Gasteiger partial charge in [-0.3, -0.25) is 4.79 Å². The lowest BCUT2D eigenvalue weighted by atomic mass is 10.2. The molecule has 18 heavy (non-hydrogen) atoms. The van der Waals surface area contributed by atoms with E-state index in [4.69, 9.17) is 14.2 Å². The van der Waals surface area contributed by atoms with Crippen LogP contribution in [0.4, 0.5) is 0 Å². The first-order valence-electron chi connectivity index (χ1n) is 5.41. The second-order valence-corrected chi connectivity index (χ2v) is 4.77. The minimum absolute atomic E-state index is 0.261. The van der Waals surface area contributed by atoms with Gasteiger partial charge in [0.15, 0.2) is 17.6 Å². The maximum Gasteiger partial charge on any atom is 0.176 e. The predicted molar refractivity (Wildman–Crippen MR) is 67.3 cm³/mol. The van der Waals surface area contributed by atoms with Crippen molar-refractivity contribution >= 4 is 22.2 Å². The van der Waals surface area contributed by atoms with Crippen LogP contribution >= 0.6 is 15.9 Å². The van der Waals surface area contributed by atoms with E-state index in [1.807, 2.05) is 0 Å². The third kappa shape index (κ3) is 2.66. The maximum absolute atomic E-state index is 10.8. The monoisotopic (exact) mass is 316 g/mol. The summed E-state index contributed by atoms with van der Waals surface area (Å²) < 4.78 is 16.6. The first-order valence-corrected chi connectivity index (χ1v) is 6.20. The van der Waals surface area contributed by atoms with E-state index < -0.39 is 12.2 Å². The zero-order valence-corrected chi connectivity index (χ0v) is 11.3. The van der Waals surface area contributed by atoms with Gasteiger partial charge < -0.3 is 19.3 Å². The molecular formula is C12H13BrO5. The summed E-state index contributed by atoms with van der Waals surface area (Å²) in [5.41, 5.74) is 0.481. The fourth-order valence-electron chi connectivity index (χ4n) is 1.71. The third-order valence-corrected chi connectivity index (χ3v) is 3.25. The molecule has 0 aromatic heterocycles. The van der Waals surface area contributed by atoms with Gasteiger partial charge in [0.1, 0.15) is 12.4 Å². The molecule has 0 saturated carbocycles. The molecule has 0 radical (unpaired) electrons. The summed E-state index contributed by atoms with van der Waals surface area (Å²) in [6.07, 6.45) is -0.366. The molecule has 1 aromatic carbocycles. The van der Waals surface area contributed by atoms with E-state index in [1.54, 1.807) is 12.1 Å². The number of aliphatic hydroxyl groups excluding tert-OH is 1. The van der Waals surface area contributed by atoms with Gasteiger partial charge in [0.25, 0.3) is 0 Å². The zero-order valence-electron chi connectivity index (χ0n) is 9.76. The number of halogens is 1. The van der Waals surface area contributed by atoms with E-state index in [0.29, 0.717) is 28.1 Å². The molecule has 1 aromatic rings. The van der Waals surface area contributed by atoms with Gasteiger partial charge in [-0.05, 0) is 28.1 Å². The molecule has 1 aliphatic heterocycles. The van der Waals surface area contributed by atoms with Crippen molar-refractivity contribution in [2.45, 2.75) is 12.2 Å². The summed E-state index contributed by atoms with van der Waals surface area (Å²) in [5, 5.41) is 9.64. The van der Waals surface area contributed by atoms with E-state index >= 15 is 0 Å². The lowest BCUT2D eigenvalue weighted by molar-refractivity contribution is 0.0709. The fraction of sp³-hybridized carbons (Fsp3) is 0.417. The third-order valence-electron chi connectivity index (χ3n) is 2.66. The smallest absolute Gasteiger partial charge is 0.176 e. The zero-order chi connectivity index (χ0) is 13.1. The minimum atomic E-state index is -0.660. The number of hydrogen-bond donors (Lipinski definition) is 1. The van der Waals surface area contributed by atoms with Gasteiger partial charge in [-0.1, -0.05) is 0 Å². The van der Waals surface area contributed by atoms with Crippen molar-refractivity contribution in [3.05, 3.63) is 22.2 Å². The van der Waals surface area contributed by atoms with Crippen molar-refractivity contribution in [2.24, 2.45) is 0 Å². The van der Waals surface area contributed by atoms with Crippen molar-refractivity contribution in [1.82, 2.24) is 0 Å². The SMILES string of the molecule is COc1cc(C=O)cc(Br)c1OC1COCC1O. The number of aliphatic hydroxyl groups is 1. The van der Waals surface area contributed by atoms with E-state index in [2.05, 4.69) is 15.9 Å². The molecule has 1 heterocycles. The molecule has 0 amide bonds. The lowest BCUT2D eigenvalue weighted by Gasteiger charge is -2.19. The predicted octanol–water partition coefficient (Wildman–Crippen LogP) is 1.41. The summed E-state index contributed by atoms with van der Waals surface area (Å²) in [6.45, 7) is 0.587. The van der Waals surface area contributed by atoms with Crippen LogP contribution < -0.4 is 9.47 Å². The average Bonchev–Trinajstić information content (AvgIpc) is 2.77. The molecule has 1 N–H and O–H groups in total. The van der Waals surface area contributed by atoms with Crippen molar-refractivity contribution in [1.29, 1.82) is 0 Å². The van der Waals surface area contributed by atoms with Crippen molar-refractivity contribution in [2.75, 3.05) is 20.3 Å². The Morgan fingerprint density at radius 1 is 1.50 bits per heavy atom. The summed E-state index contributed by atoms with van der Waals surface area (Å²) in [6, 6.07) is 3.21. The van der Waals surface area contributed by atoms with Crippen molar-refractivity contribution in [3.63, 3.8) is 0 Å². The van der Waals surface area contributed by atoms with Crippen LogP contribution in [0.25, 0.3) is 0 Å². The number of rotatable bonds is 4. The topological polar surface area (TPSA) is 65.0 Å². The molecule has 2 unspecified atom stereocenters. The molecule has 2 atom stereocenters. The molecule has 0 spiro atoms. The number of carbonyl (C=O) groups excluding carboxylic acids is 1. The Hall–Kier alpha value is -1.11. The number of benzene rings is 1. The summed E-state index contributed by atoms with van der Waals surface area (Å²) in [7, 11) is 1.49. The van der Waals surface area contributed by atoms with E-state index in [-0.39, 0.29) is 6.61 Å². The van der Waals surface area contributed by atoms with Gasteiger partial charge in [0, 0.05) is 5.56 Å².